The molecule has 0 aromatic carbocycles. The highest BCUT2D eigenvalue weighted by atomic mass is 16.7. The van der Waals surface area contributed by atoms with E-state index < -0.39 is 5.60 Å². The van der Waals surface area contributed by atoms with E-state index in [1.165, 1.54) is 6.26 Å². The highest BCUT2D eigenvalue weighted by Gasteiger charge is 2.61. The second-order valence-electron chi connectivity index (χ2n) is 3.54. The Bertz CT molecular complexity index is 222. The summed E-state index contributed by atoms with van der Waals surface area (Å²) in [5.74, 6) is 0. The van der Waals surface area contributed by atoms with Crippen LogP contribution in [0.15, 0.2) is 12.8 Å². The van der Waals surface area contributed by atoms with Gasteiger partial charge < -0.3 is 19.3 Å². The normalized spacial score (nSPS) is 47.9. The van der Waals surface area contributed by atoms with E-state index in [-0.39, 0.29) is 24.8 Å². The molecule has 2 rings (SSSR count). The molecular formula is C8H13BO4. The fourth-order valence-corrected chi connectivity index (χ4v) is 2.10. The van der Waals surface area contributed by atoms with Gasteiger partial charge in [0.05, 0.1) is 25.5 Å². The molecule has 4 unspecified atom stereocenters. The Hall–Kier alpha value is -0.515. The summed E-state index contributed by atoms with van der Waals surface area (Å²) in [6.07, 6.45) is 1.08. The van der Waals surface area contributed by atoms with Gasteiger partial charge in [0.25, 0.3) is 0 Å². The third kappa shape index (κ3) is 1.11. The Labute approximate surface area is 77.9 Å². The predicted molar refractivity (Wildman–Crippen MR) is 48.0 cm³/mol. The summed E-state index contributed by atoms with van der Waals surface area (Å²) in [5.41, 5.74) is -0.668. The van der Waals surface area contributed by atoms with Crippen LogP contribution < -0.4 is 0 Å². The van der Waals surface area contributed by atoms with Gasteiger partial charge in [0.15, 0.2) is 11.7 Å². The molecular weight excluding hydrogens is 171 g/mol. The number of rotatable bonds is 3. The molecule has 0 spiro atoms. The molecule has 0 aromatic rings. The van der Waals surface area contributed by atoms with Gasteiger partial charge in [0.1, 0.15) is 14.0 Å². The van der Waals surface area contributed by atoms with E-state index in [1.807, 2.05) is 7.85 Å². The van der Waals surface area contributed by atoms with Gasteiger partial charge in [-0.15, -0.1) is 0 Å². The minimum absolute atomic E-state index is 0.0224. The summed E-state index contributed by atoms with van der Waals surface area (Å²) in [4.78, 5) is 0. The molecule has 13 heavy (non-hydrogen) atoms. The van der Waals surface area contributed by atoms with E-state index in [9.17, 15) is 5.11 Å². The molecule has 4 atom stereocenters. The highest BCUT2D eigenvalue weighted by Crippen LogP contribution is 2.40. The number of hydrogen-bond donors (Lipinski definition) is 1. The molecule has 2 heterocycles. The Balaban J connectivity index is 2.20. The lowest BCUT2D eigenvalue weighted by Gasteiger charge is -2.27. The molecule has 4 nitrogen and oxygen atoms in total. The van der Waals surface area contributed by atoms with Crippen LogP contribution in [0, 0.1) is 0 Å². The van der Waals surface area contributed by atoms with Crippen LogP contribution in [-0.4, -0.2) is 50.0 Å². The van der Waals surface area contributed by atoms with Gasteiger partial charge in [-0.25, -0.2) is 0 Å². The first-order chi connectivity index (χ1) is 6.23. The third-order valence-electron chi connectivity index (χ3n) is 2.73. The minimum atomic E-state index is -0.668. The second kappa shape index (κ2) is 3.01. The SMILES string of the molecule is BC1OC2(CO)COC1C2OC=C. The van der Waals surface area contributed by atoms with E-state index in [0.717, 1.165) is 0 Å². The first-order valence-electron chi connectivity index (χ1n) is 4.40. The minimum Gasteiger partial charge on any atom is -0.493 e. The van der Waals surface area contributed by atoms with Crippen LogP contribution in [0.5, 0.6) is 0 Å². The van der Waals surface area contributed by atoms with Crippen molar-refractivity contribution in [1.82, 2.24) is 0 Å². The van der Waals surface area contributed by atoms with Crippen LogP contribution in [0.3, 0.4) is 0 Å². The third-order valence-corrected chi connectivity index (χ3v) is 2.73. The lowest BCUT2D eigenvalue weighted by molar-refractivity contribution is -0.137. The topological polar surface area (TPSA) is 47.9 Å². The molecule has 72 valence electrons. The summed E-state index contributed by atoms with van der Waals surface area (Å²) >= 11 is 0. The van der Waals surface area contributed by atoms with Crippen LogP contribution >= 0.6 is 0 Å². The molecule has 0 aliphatic carbocycles. The van der Waals surface area contributed by atoms with Crippen LogP contribution in [0.1, 0.15) is 0 Å². The van der Waals surface area contributed by atoms with E-state index in [2.05, 4.69) is 6.58 Å². The maximum Gasteiger partial charge on any atom is 0.159 e. The summed E-state index contributed by atoms with van der Waals surface area (Å²) in [6.45, 7) is 3.82. The zero-order valence-electron chi connectivity index (χ0n) is 7.60. The first-order valence-corrected chi connectivity index (χ1v) is 4.40. The van der Waals surface area contributed by atoms with Crippen LogP contribution in [0.25, 0.3) is 0 Å². The van der Waals surface area contributed by atoms with E-state index >= 15 is 0 Å². The molecule has 2 aliphatic rings. The van der Waals surface area contributed by atoms with Crippen molar-refractivity contribution in [1.29, 1.82) is 0 Å². The summed E-state index contributed by atoms with van der Waals surface area (Å²) < 4.78 is 16.4. The van der Waals surface area contributed by atoms with Crippen LogP contribution in [0.2, 0.25) is 0 Å². The van der Waals surface area contributed by atoms with E-state index in [0.29, 0.717) is 6.61 Å². The number of aliphatic hydroxyl groups excluding tert-OH is 1. The monoisotopic (exact) mass is 184 g/mol. The number of hydrogen-bond acceptors (Lipinski definition) is 4. The fourth-order valence-electron chi connectivity index (χ4n) is 2.10. The largest absolute Gasteiger partial charge is 0.493 e. The Morgan fingerprint density at radius 2 is 2.54 bits per heavy atom. The van der Waals surface area contributed by atoms with Crippen molar-refractivity contribution in [3.8, 4) is 0 Å². The average molecular weight is 184 g/mol. The van der Waals surface area contributed by atoms with Crippen molar-refractivity contribution >= 4 is 7.85 Å². The molecule has 2 fully saturated rings. The summed E-state index contributed by atoms with van der Waals surface area (Å²) in [6, 6.07) is -0.0224. The number of fused-ring (bicyclic) bond motifs is 2. The van der Waals surface area contributed by atoms with Crippen molar-refractivity contribution in [2.45, 2.75) is 23.8 Å². The van der Waals surface area contributed by atoms with Gasteiger partial charge in [-0.1, -0.05) is 6.58 Å². The Kier molecular flexibility index (Phi) is 2.10. The molecule has 2 aliphatic heterocycles. The highest BCUT2D eigenvalue weighted by molar-refractivity contribution is 6.11. The van der Waals surface area contributed by atoms with Crippen molar-refractivity contribution in [3.63, 3.8) is 0 Å². The van der Waals surface area contributed by atoms with Gasteiger partial charge in [-0.2, -0.15) is 0 Å². The quantitative estimate of drug-likeness (QED) is 0.434. The van der Waals surface area contributed by atoms with Crippen molar-refractivity contribution < 1.29 is 19.3 Å². The lowest BCUT2D eigenvalue weighted by Crippen LogP contribution is -2.45. The Morgan fingerprint density at radius 1 is 1.77 bits per heavy atom. The van der Waals surface area contributed by atoms with Crippen molar-refractivity contribution in [2.75, 3.05) is 13.2 Å². The van der Waals surface area contributed by atoms with Gasteiger partial charge in [0.2, 0.25) is 0 Å². The van der Waals surface area contributed by atoms with Crippen LogP contribution in [-0.2, 0) is 14.2 Å². The van der Waals surface area contributed by atoms with Gasteiger partial charge in [-0.3, -0.25) is 0 Å². The van der Waals surface area contributed by atoms with Gasteiger partial charge in [0, 0.05) is 0 Å². The molecule has 2 saturated heterocycles. The molecule has 0 saturated carbocycles. The number of ether oxygens (including phenoxy) is 3. The maximum absolute atomic E-state index is 9.24. The van der Waals surface area contributed by atoms with E-state index in [4.69, 9.17) is 14.2 Å². The fraction of sp³-hybridized carbons (Fsp3) is 0.750. The average Bonchev–Trinajstić information content (AvgIpc) is 2.59. The Morgan fingerprint density at radius 3 is 3.08 bits per heavy atom. The smallest absolute Gasteiger partial charge is 0.159 e. The molecule has 0 amide bonds. The molecule has 2 bridgehead atoms. The van der Waals surface area contributed by atoms with Crippen molar-refractivity contribution in [3.05, 3.63) is 12.8 Å². The summed E-state index contributed by atoms with van der Waals surface area (Å²) in [5, 5.41) is 9.24. The maximum atomic E-state index is 9.24. The molecule has 0 aromatic heterocycles. The zero-order valence-corrected chi connectivity index (χ0v) is 7.60. The predicted octanol–water partition coefficient (Wildman–Crippen LogP) is -1.37. The van der Waals surface area contributed by atoms with Crippen LogP contribution in [0.4, 0.5) is 0 Å². The van der Waals surface area contributed by atoms with Gasteiger partial charge >= 0.3 is 0 Å². The molecule has 1 N–H and O–H groups in total. The molecule has 0 radical (unpaired) electrons. The lowest BCUT2D eigenvalue weighted by atomic mass is 9.92. The van der Waals surface area contributed by atoms with E-state index in [1.54, 1.807) is 0 Å². The standard InChI is InChI=1S/C8H13BO4/c1-2-11-6-5-7(9)13-8(6,3-10)4-12-5/h2,5-7,10H,1,3-4,9H2. The zero-order chi connectivity index (χ0) is 9.47. The van der Waals surface area contributed by atoms with Gasteiger partial charge in [-0.05, 0) is 0 Å². The first kappa shape index (κ1) is 9.06. The molecule has 5 heteroatoms. The second-order valence-corrected chi connectivity index (χ2v) is 3.54. The van der Waals surface area contributed by atoms with Crippen molar-refractivity contribution in [2.24, 2.45) is 0 Å². The number of aliphatic hydroxyl groups is 1. The summed E-state index contributed by atoms with van der Waals surface area (Å²) in [7, 11) is 1.92.